The smallest absolute Gasteiger partial charge is 0.320 e. The topological polar surface area (TPSA) is 55.9 Å². The Morgan fingerprint density at radius 2 is 1.58 bits per heavy atom. The summed E-state index contributed by atoms with van der Waals surface area (Å²) in [6.45, 7) is 9.77. The molecule has 1 aliphatic heterocycles. The minimum atomic E-state index is -0.162. The largest absolute Gasteiger partial charge is 0.338 e. The summed E-state index contributed by atoms with van der Waals surface area (Å²) in [6, 6.07) is -0.0798. The molecule has 1 N–H and O–H groups in total. The maximum atomic E-state index is 12.2. The van der Waals surface area contributed by atoms with E-state index in [1.807, 2.05) is 35.5 Å². The highest BCUT2D eigenvalue weighted by Gasteiger charge is 2.27. The number of nitrogens with zero attached hydrogens (tertiary/aromatic N) is 3. The number of carbonyl (C=O) groups is 2. The molecule has 1 heterocycles. The lowest BCUT2D eigenvalue weighted by molar-refractivity contribution is -0.134. The fourth-order valence-electron chi connectivity index (χ4n) is 2.21. The van der Waals surface area contributed by atoms with Gasteiger partial charge in [0.15, 0.2) is 0 Å². The van der Waals surface area contributed by atoms with Gasteiger partial charge < -0.3 is 20.0 Å². The maximum absolute atomic E-state index is 12.2. The van der Waals surface area contributed by atoms with E-state index in [4.69, 9.17) is 0 Å². The van der Waals surface area contributed by atoms with Crippen LogP contribution in [0.5, 0.6) is 0 Å². The summed E-state index contributed by atoms with van der Waals surface area (Å²) in [4.78, 5) is 29.6. The number of rotatable bonds is 4. The van der Waals surface area contributed by atoms with Crippen LogP contribution >= 0.6 is 0 Å². The van der Waals surface area contributed by atoms with Crippen molar-refractivity contribution in [2.45, 2.75) is 26.8 Å². The Morgan fingerprint density at radius 1 is 1.11 bits per heavy atom. The standard InChI is InChI=1S/C13H26N4O2/c1-5-15(6-2)13(19)17-9-7-16(8-10-17)12(18)11(3)14-4/h11,14H,5-10H2,1-4H3. The van der Waals surface area contributed by atoms with E-state index in [0.717, 1.165) is 13.1 Å². The van der Waals surface area contributed by atoms with E-state index in [-0.39, 0.29) is 18.0 Å². The molecule has 0 aromatic heterocycles. The number of hydrogen-bond donors (Lipinski definition) is 1. The SMILES string of the molecule is CCN(CC)C(=O)N1CCN(C(=O)C(C)NC)CC1. The van der Waals surface area contributed by atoms with Gasteiger partial charge in [-0.05, 0) is 27.8 Å². The van der Waals surface area contributed by atoms with Crippen molar-refractivity contribution in [1.82, 2.24) is 20.0 Å². The summed E-state index contributed by atoms with van der Waals surface area (Å²) in [5.41, 5.74) is 0. The molecular formula is C13H26N4O2. The molecule has 3 amide bonds. The second-order valence-corrected chi connectivity index (χ2v) is 4.78. The van der Waals surface area contributed by atoms with E-state index in [0.29, 0.717) is 26.2 Å². The molecule has 0 aliphatic carbocycles. The van der Waals surface area contributed by atoms with Gasteiger partial charge in [0, 0.05) is 39.3 Å². The summed E-state index contributed by atoms with van der Waals surface area (Å²) < 4.78 is 0. The van der Waals surface area contributed by atoms with Crippen LogP contribution in [0.3, 0.4) is 0 Å². The zero-order valence-electron chi connectivity index (χ0n) is 12.5. The molecule has 1 rings (SSSR count). The zero-order chi connectivity index (χ0) is 14.4. The van der Waals surface area contributed by atoms with Crippen molar-refractivity contribution in [3.8, 4) is 0 Å². The minimum Gasteiger partial charge on any atom is -0.338 e. The van der Waals surface area contributed by atoms with Crippen LogP contribution in [0.2, 0.25) is 0 Å². The van der Waals surface area contributed by atoms with Crippen molar-refractivity contribution >= 4 is 11.9 Å². The highest BCUT2D eigenvalue weighted by molar-refractivity contribution is 5.82. The Balaban J connectivity index is 2.49. The molecule has 1 saturated heterocycles. The molecule has 1 aliphatic rings. The number of carbonyl (C=O) groups excluding carboxylic acids is 2. The predicted molar refractivity (Wildman–Crippen MR) is 75.0 cm³/mol. The fraction of sp³-hybridized carbons (Fsp3) is 0.846. The van der Waals surface area contributed by atoms with E-state index in [1.54, 1.807) is 7.05 Å². The predicted octanol–water partition coefficient (Wildman–Crippen LogP) is 0.200. The molecule has 0 spiro atoms. The first kappa shape index (κ1) is 15.8. The molecule has 1 atom stereocenters. The Labute approximate surface area is 115 Å². The number of urea groups is 1. The molecule has 6 heteroatoms. The van der Waals surface area contributed by atoms with Gasteiger partial charge in [0.25, 0.3) is 0 Å². The number of nitrogens with one attached hydrogen (secondary N) is 1. The summed E-state index contributed by atoms with van der Waals surface area (Å²) in [5, 5.41) is 2.95. The van der Waals surface area contributed by atoms with Crippen molar-refractivity contribution in [1.29, 1.82) is 0 Å². The van der Waals surface area contributed by atoms with Gasteiger partial charge in [-0.2, -0.15) is 0 Å². The van der Waals surface area contributed by atoms with Gasteiger partial charge >= 0.3 is 6.03 Å². The summed E-state index contributed by atoms with van der Waals surface area (Å²) in [6.07, 6.45) is 0. The van der Waals surface area contributed by atoms with Crippen molar-refractivity contribution < 1.29 is 9.59 Å². The van der Waals surface area contributed by atoms with Gasteiger partial charge in [-0.15, -0.1) is 0 Å². The van der Waals surface area contributed by atoms with Gasteiger partial charge in [0.1, 0.15) is 0 Å². The Hall–Kier alpha value is -1.30. The highest BCUT2D eigenvalue weighted by atomic mass is 16.2. The molecule has 6 nitrogen and oxygen atoms in total. The van der Waals surface area contributed by atoms with Crippen LogP contribution in [0, 0.1) is 0 Å². The molecule has 19 heavy (non-hydrogen) atoms. The van der Waals surface area contributed by atoms with Crippen molar-refractivity contribution in [2.75, 3.05) is 46.3 Å². The number of amides is 3. The van der Waals surface area contributed by atoms with E-state index in [1.165, 1.54) is 0 Å². The highest BCUT2D eigenvalue weighted by Crippen LogP contribution is 2.07. The number of piperazine rings is 1. The molecule has 0 bridgehead atoms. The average molecular weight is 270 g/mol. The third-order valence-corrected chi connectivity index (χ3v) is 3.70. The Kier molecular flexibility index (Phi) is 6.08. The van der Waals surface area contributed by atoms with Gasteiger partial charge in [-0.1, -0.05) is 0 Å². The second-order valence-electron chi connectivity index (χ2n) is 4.78. The van der Waals surface area contributed by atoms with E-state index < -0.39 is 0 Å². The molecular weight excluding hydrogens is 244 g/mol. The van der Waals surface area contributed by atoms with Crippen LogP contribution in [0.25, 0.3) is 0 Å². The van der Waals surface area contributed by atoms with Crippen LogP contribution in [0.1, 0.15) is 20.8 Å². The fourth-order valence-corrected chi connectivity index (χ4v) is 2.21. The second kappa shape index (κ2) is 7.33. The first-order valence-corrected chi connectivity index (χ1v) is 7.05. The molecule has 0 aromatic carbocycles. The Bertz CT molecular complexity index is 310. The van der Waals surface area contributed by atoms with Crippen LogP contribution < -0.4 is 5.32 Å². The monoisotopic (exact) mass is 270 g/mol. The van der Waals surface area contributed by atoms with E-state index >= 15 is 0 Å². The third-order valence-electron chi connectivity index (χ3n) is 3.70. The van der Waals surface area contributed by atoms with Crippen LogP contribution in [-0.2, 0) is 4.79 Å². The minimum absolute atomic E-state index is 0.0822. The summed E-state index contributed by atoms with van der Waals surface area (Å²) >= 11 is 0. The first-order chi connectivity index (χ1) is 9.04. The van der Waals surface area contributed by atoms with Crippen LogP contribution in [-0.4, -0.2) is 79.0 Å². The van der Waals surface area contributed by atoms with Gasteiger partial charge in [0.2, 0.25) is 5.91 Å². The average Bonchev–Trinajstić information content (AvgIpc) is 2.47. The molecule has 1 unspecified atom stereocenters. The first-order valence-electron chi connectivity index (χ1n) is 7.05. The lowest BCUT2D eigenvalue weighted by Gasteiger charge is -2.38. The zero-order valence-corrected chi connectivity index (χ0v) is 12.5. The van der Waals surface area contributed by atoms with Crippen LogP contribution in [0.15, 0.2) is 0 Å². The van der Waals surface area contributed by atoms with Crippen LogP contribution in [0.4, 0.5) is 4.79 Å². The molecule has 0 radical (unpaired) electrons. The maximum Gasteiger partial charge on any atom is 0.320 e. The van der Waals surface area contributed by atoms with Gasteiger partial charge in [-0.25, -0.2) is 4.79 Å². The molecule has 1 fully saturated rings. The number of likely N-dealkylation sites (N-methyl/N-ethyl adjacent to an activating group) is 1. The van der Waals surface area contributed by atoms with Gasteiger partial charge in [-0.3, -0.25) is 4.79 Å². The van der Waals surface area contributed by atoms with Crippen molar-refractivity contribution in [2.24, 2.45) is 0 Å². The third kappa shape index (κ3) is 3.83. The van der Waals surface area contributed by atoms with Crippen molar-refractivity contribution in [3.05, 3.63) is 0 Å². The number of hydrogen-bond acceptors (Lipinski definition) is 3. The summed E-state index contributed by atoms with van der Waals surface area (Å²) in [5.74, 6) is 0.109. The quantitative estimate of drug-likeness (QED) is 0.794. The van der Waals surface area contributed by atoms with E-state index in [2.05, 4.69) is 5.32 Å². The molecule has 0 aromatic rings. The lowest BCUT2D eigenvalue weighted by atomic mass is 10.2. The van der Waals surface area contributed by atoms with Gasteiger partial charge in [0.05, 0.1) is 6.04 Å². The Morgan fingerprint density at radius 3 is 2.00 bits per heavy atom. The summed E-state index contributed by atoms with van der Waals surface area (Å²) in [7, 11) is 1.78. The normalized spacial score (nSPS) is 17.3. The van der Waals surface area contributed by atoms with E-state index in [9.17, 15) is 9.59 Å². The molecule has 110 valence electrons. The lowest BCUT2D eigenvalue weighted by Crippen LogP contribution is -2.56. The molecule has 0 saturated carbocycles. The van der Waals surface area contributed by atoms with Crippen molar-refractivity contribution in [3.63, 3.8) is 0 Å².